The Labute approximate surface area is 430 Å². The molecule has 73 heavy (non-hydrogen) atoms. The van der Waals surface area contributed by atoms with Crippen LogP contribution in [0.15, 0.2) is 150 Å². The number of unbranched alkanes of at least 4 members (excludes halogenated alkanes) is 4. The zero-order chi connectivity index (χ0) is 49.5. The van der Waals surface area contributed by atoms with Crippen LogP contribution < -0.4 is 0 Å². The van der Waals surface area contributed by atoms with Crippen LogP contribution in [0.3, 0.4) is 0 Å². The molecule has 376 valence electrons. The standard InChI is InChI=1S/C66H70O7/c1-3-65(43-71-44-65)41-69-36-15-5-13-34-67-39-47-26-29-49(30-27-47)62-54-20-9-11-22-56(54)63(57-23-12-10-21-55(57)62)58-32-31-52(50-18-7-8-19-51(50)58)53-24-17-25-61-64(53)59-38-48(28-33-60(59)73-61)40-68-35-14-6-16-37-70-42-66(4-2)45-72-46-66/h7-12,17-33,38H,3-6,13-16,34-37,39-46H2,1-2H3. The minimum atomic E-state index is 0.247. The summed E-state index contributed by atoms with van der Waals surface area (Å²) < 4.78 is 41.8. The normalized spacial score (nSPS) is 15.2. The Bertz CT molecular complexity index is 3240. The molecule has 2 saturated heterocycles. The van der Waals surface area contributed by atoms with Crippen molar-refractivity contribution >= 4 is 54.3 Å². The van der Waals surface area contributed by atoms with Gasteiger partial charge in [-0.2, -0.15) is 0 Å². The second-order valence-corrected chi connectivity index (χ2v) is 20.9. The lowest BCUT2D eigenvalue weighted by atomic mass is 9.83. The Hall–Kier alpha value is -5.90. The van der Waals surface area contributed by atoms with Crippen LogP contribution in [0, 0.1) is 10.8 Å². The van der Waals surface area contributed by atoms with Gasteiger partial charge in [0, 0.05) is 48.0 Å². The number of hydrogen-bond acceptors (Lipinski definition) is 7. The topological polar surface area (TPSA) is 68.5 Å². The number of ether oxygens (including phenoxy) is 6. The first-order chi connectivity index (χ1) is 36.1. The van der Waals surface area contributed by atoms with E-state index in [2.05, 4.69) is 159 Å². The molecule has 0 radical (unpaired) electrons. The highest BCUT2D eigenvalue weighted by molar-refractivity contribution is 6.25. The fourth-order valence-electron chi connectivity index (χ4n) is 11.1. The van der Waals surface area contributed by atoms with E-state index in [1.807, 2.05) is 0 Å². The largest absolute Gasteiger partial charge is 0.456 e. The number of fused-ring (bicyclic) bond motifs is 6. The van der Waals surface area contributed by atoms with Gasteiger partial charge in [0.15, 0.2) is 0 Å². The highest BCUT2D eigenvalue weighted by Gasteiger charge is 2.37. The molecule has 9 aromatic rings. The third-order valence-electron chi connectivity index (χ3n) is 15.9. The molecule has 0 unspecified atom stereocenters. The minimum absolute atomic E-state index is 0.247. The summed E-state index contributed by atoms with van der Waals surface area (Å²) >= 11 is 0. The van der Waals surface area contributed by atoms with Gasteiger partial charge in [0.2, 0.25) is 0 Å². The molecule has 1 aromatic heterocycles. The van der Waals surface area contributed by atoms with Crippen molar-refractivity contribution in [2.45, 2.75) is 78.4 Å². The molecule has 0 bridgehead atoms. The van der Waals surface area contributed by atoms with Gasteiger partial charge >= 0.3 is 0 Å². The van der Waals surface area contributed by atoms with Crippen LogP contribution in [-0.2, 0) is 41.6 Å². The molecule has 2 fully saturated rings. The van der Waals surface area contributed by atoms with E-state index in [-0.39, 0.29) is 10.8 Å². The number of rotatable bonds is 25. The van der Waals surface area contributed by atoms with Gasteiger partial charge in [-0.3, -0.25) is 0 Å². The zero-order valence-corrected chi connectivity index (χ0v) is 42.9. The van der Waals surface area contributed by atoms with Gasteiger partial charge in [-0.25, -0.2) is 0 Å². The molecular formula is C66H70O7. The van der Waals surface area contributed by atoms with Gasteiger partial charge in [-0.1, -0.05) is 141 Å². The van der Waals surface area contributed by atoms with Crippen LogP contribution >= 0.6 is 0 Å². The maximum atomic E-state index is 6.54. The van der Waals surface area contributed by atoms with Gasteiger partial charge < -0.3 is 32.8 Å². The maximum absolute atomic E-state index is 6.54. The molecule has 3 heterocycles. The summed E-state index contributed by atoms with van der Waals surface area (Å²) in [5.41, 5.74) is 11.9. The predicted octanol–water partition coefficient (Wildman–Crippen LogP) is 16.3. The third kappa shape index (κ3) is 10.5. The molecule has 2 aliphatic heterocycles. The van der Waals surface area contributed by atoms with Crippen LogP contribution in [0.1, 0.15) is 76.3 Å². The lowest BCUT2D eigenvalue weighted by molar-refractivity contribution is -0.150. The van der Waals surface area contributed by atoms with Gasteiger partial charge in [-0.15, -0.1) is 0 Å². The van der Waals surface area contributed by atoms with Gasteiger partial charge in [-0.05, 0) is 146 Å². The summed E-state index contributed by atoms with van der Waals surface area (Å²) in [4.78, 5) is 0. The molecule has 2 aliphatic rings. The van der Waals surface area contributed by atoms with Gasteiger partial charge in [0.05, 0.1) is 52.9 Å². The third-order valence-corrected chi connectivity index (χ3v) is 15.9. The maximum Gasteiger partial charge on any atom is 0.136 e. The molecule has 0 amide bonds. The second-order valence-electron chi connectivity index (χ2n) is 20.9. The Morgan fingerprint density at radius 1 is 0.397 bits per heavy atom. The van der Waals surface area contributed by atoms with Crippen LogP contribution in [0.4, 0.5) is 0 Å². The highest BCUT2D eigenvalue weighted by atomic mass is 16.5. The van der Waals surface area contributed by atoms with E-state index in [9.17, 15) is 0 Å². The molecule has 0 atom stereocenters. The van der Waals surface area contributed by atoms with E-state index in [1.54, 1.807) is 0 Å². The molecule has 0 saturated carbocycles. The van der Waals surface area contributed by atoms with Crippen LogP contribution in [-0.4, -0.2) is 66.1 Å². The molecule has 0 aliphatic carbocycles. The number of furan rings is 1. The molecular weight excluding hydrogens is 905 g/mol. The average Bonchev–Trinajstić information content (AvgIpc) is 3.79. The summed E-state index contributed by atoms with van der Waals surface area (Å²) in [5.74, 6) is 0. The van der Waals surface area contributed by atoms with Crippen molar-refractivity contribution in [1.82, 2.24) is 0 Å². The van der Waals surface area contributed by atoms with E-state index < -0.39 is 0 Å². The quantitative estimate of drug-likeness (QED) is 0.0417. The fourth-order valence-corrected chi connectivity index (χ4v) is 11.1. The van der Waals surface area contributed by atoms with E-state index in [0.717, 1.165) is 151 Å². The Kier molecular flexibility index (Phi) is 15.3. The number of hydrogen-bond donors (Lipinski definition) is 0. The molecule has 11 rings (SSSR count). The lowest BCUT2D eigenvalue weighted by Gasteiger charge is -2.40. The minimum Gasteiger partial charge on any atom is -0.456 e. The summed E-state index contributed by atoms with van der Waals surface area (Å²) in [6.45, 7) is 13.7. The first-order valence-electron chi connectivity index (χ1n) is 27.0. The summed E-state index contributed by atoms with van der Waals surface area (Å²) in [7, 11) is 0. The van der Waals surface area contributed by atoms with Crippen molar-refractivity contribution in [3.05, 3.63) is 157 Å². The summed E-state index contributed by atoms with van der Waals surface area (Å²) in [5, 5.41) is 9.61. The van der Waals surface area contributed by atoms with E-state index >= 15 is 0 Å². The Morgan fingerprint density at radius 3 is 1.44 bits per heavy atom. The molecule has 0 N–H and O–H groups in total. The summed E-state index contributed by atoms with van der Waals surface area (Å²) in [6.07, 6.45) is 8.61. The van der Waals surface area contributed by atoms with E-state index in [1.165, 1.54) is 65.7 Å². The van der Waals surface area contributed by atoms with Gasteiger partial charge in [0.25, 0.3) is 0 Å². The first kappa shape index (κ1) is 49.3. The fraction of sp³-hybridized carbons (Fsp3) is 0.364. The average molecular weight is 975 g/mol. The van der Waals surface area contributed by atoms with Crippen LogP contribution in [0.5, 0.6) is 0 Å². The predicted molar refractivity (Wildman–Crippen MR) is 298 cm³/mol. The van der Waals surface area contributed by atoms with Crippen molar-refractivity contribution in [3.63, 3.8) is 0 Å². The lowest BCUT2D eigenvalue weighted by Crippen LogP contribution is -2.45. The molecule has 7 nitrogen and oxygen atoms in total. The number of benzene rings is 8. The van der Waals surface area contributed by atoms with Crippen molar-refractivity contribution < 1.29 is 32.8 Å². The highest BCUT2D eigenvalue weighted by Crippen LogP contribution is 2.48. The van der Waals surface area contributed by atoms with Crippen molar-refractivity contribution in [2.24, 2.45) is 10.8 Å². The SMILES string of the molecule is CCC1(COCCCCCOCc2ccc(-c3c4ccccc4c(-c4ccc(-c5cccc6oc7ccc(COCCCCCOCC8(CC)COC8)cc7c56)c5ccccc45)c4ccccc34)cc2)COC1. The monoisotopic (exact) mass is 975 g/mol. The molecule has 0 spiro atoms. The van der Waals surface area contributed by atoms with Gasteiger partial charge in [0.1, 0.15) is 11.2 Å². The zero-order valence-electron chi connectivity index (χ0n) is 42.9. The van der Waals surface area contributed by atoms with Crippen molar-refractivity contribution in [1.29, 1.82) is 0 Å². The molecule has 8 aromatic carbocycles. The smallest absolute Gasteiger partial charge is 0.136 e. The van der Waals surface area contributed by atoms with Crippen molar-refractivity contribution in [2.75, 3.05) is 66.1 Å². The second kappa shape index (κ2) is 22.7. The van der Waals surface area contributed by atoms with E-state index in [0.29, 0.717) is 13.2 Å². The Balaban J connectivity index is 0.808. The Morgan fingerprint density at radius 2 is 0.890 bits per heavy atom. The van der Waals surface area contributed by atoms with Crippen molar-refractivity contribution in [3.8, 4) is 33.4 Å². The van der Waals surface area contributed by atoms with Crippen LogP contribution in [0.2, 0.25) is 0 Å². The van der Waals surface area contributed by atoms with E-state index in [4.69, 9.17) is 32.8 Å². The van der Waals surface area contributed by atoms with Crippen LogP contribution in [0.25, 0.3) is 87.6 Å². The first-order valence-corrected chi connectivity index (χ1v) is 27.0. The molecule has 7 heteroatoms. The summed E-state index contributed by atoms with van der Waals surface area (Å²) in [6, 6.07) is 53.4.